The van der Waals surface area contributed by atoms with E-state index in [1.807, 2.05) is 0 Å². The van der Waals surface area contributed by atoms with Crippen molar-refractivity contribution in [2.24, 2.45) is 0 Å². The quantitative estimate of drug-likeness (QED) is 0.849. The highest BCUT2D eigenvalue weighted by Gasteiger charge is 2.16. The Kier molecular flexibility index (Phi) is 3.39. The van der Waals surface area contributed by atoms with Gasteiger partial charge >= 0.3 is 0 Å². The second-order valence-corrected chi connectivity index (χ2v) is 5.56. The molecule has 0 spiro atoms. The summed E-state index contributed by atoms with van der Waals surface area (Å²) in [6.07, 6.45) is 1.27. The van der Waals surface area contributed by atoms with E-state index in [0.29, 0.717) is 5.92 Å². The normalized spacial score (nSPS) is 18.7. The van der Waals surface area contributed by atoms with Crippen LogP contribution >= 0.6 is 0 Å². The third-order valence-electron chi connectivity index (χ3n) is 4.36. The summed E-state index contributed by atoms with van der Waals surface area (Å²) in [5.74, 6) is 0.702. The van der Waals surface area contributed by atoms with Crippen molar-refractivity contribution in [2.45, 2.75) is 26.2 Å². The summed E-state index contributed by atoms with van der Waals surface area (Å²) in [5, 5.41) is 3.43. The van der Waals surface area contributed by atoms with Crippen LogP contribution in [-0.2, 0) is 0 Å². The van der Waals surface area contributed by atoms with Gasteiger partial charge in [-0.05, 0) is 60.5 Å². The summed E-state index contributed by atoms with van der Waals surface area (Å²) in [6, 6.07) is 15.7. The number of hydrogen-bond acceptors (Lipinski definition) is 1. The molecule has 0 radical (unpaired) electrons. The Morgan fingerprint density at radius 3 is 2.47 bits per heavy atom. The summed E-state index contributed by atoms with van der Waals surface area (Å²) in [5.41, 5.74) is 6.91. The maximum absolute atomic E-state index is 3.43. The first-order chi connectivity index (χ1) is 9.25. The molecule has 3 rings (SSSR count). The Labute approximate surface area is 115 Å². The molecule has 1 nitrogen and oxygen atoms in total. The third kappa shape index (κ3) is 2.43. The zero-order chi connectivity index (χ0) is 13.2. The molecule has 0 bridgehead atoms. The average molecular weight is 251 g/mol. The smallest absolute Gasteiger partial charge is 0.00206 e. The molecule has 1 heterocycles. The lowest BCUT2D eigenvalue weighted by Gasteiger charge is -2.12. The first kappa shape index (κ1) is 12.4. The van der Waals surface area contributed by atoms with Gasteiger partial charge in [-0.1, -0.05) is 42.5 Å². The van der Waals surface area contributed by atoms with Crippen LogP contribution in [0.2, 0.25) is 0 Å². The van der Waals surface area contributed by atoms with Gasteiger partial charge in [0.25, 0.3) is 0 Å². The van der Waals surface area contributed by atoms with Crippen LogP contribution in [0.15, 0.2) is 42.5 Å². The van der Waals surface area contributed by atoms with Crippen molar-refractivity contribution in [3.63, 3.8) is 0 Å². The molecule has 0 aliphatic carbocycles. The second kappa shape index (κ2) is 5.18. The van der Waals surface area contributed by atoms with Gasteiger partial charge in [-0.3, -0.25) is 0 Å². The SMILES string of the molecule is Cc1cccc(-c2ccc(C3CCNC3)cc2)c1C. The molecule has 1 saturated heterocycles. The number of benzene rings is 2. The van der Waals surface area contributed by atoms with Crippen LogP contribution < -0.4 is 5.32 Å². The molecule has 1 aliphatic heterocycles. The molecule has 1 fully saturated rings. The molecule has 0 saturated carbocycles. The predicted octanol–water partition coefficient (Wildman–Crippen LogP) is 4.05. The van der Waals surface area contributed by atoms with Crippen molar-refractivity contribution in [1.29, 1.82) is 0 Å². The van der Waals surface area contributed by atoms with Crippen LogP contribution in [0.4, 0.5) is 0 Å². The molecule has 1 N–H and O–H groups in total. The monoisotopic (exact) mass is 251 g/mol. The first-order valence-electron chi connectivity index (χ1n) is 7.13. The van der Waals surface area contributed by atoms with Gasteiger partial charge in [0.2, 0.25) is 0 Å². The Hall–Kier alpha value is -1.60. The highest BCUT2D eigenvalue weighted by molar-refractivity contribution is 5.68. The lowest BCUT2D eigenvalue weighted by Crippen LogP contribution is -2.07. The van der Waals surface area contributed by atoms with Crippen LogP contribution in [0.5, 0.6) is 0 Å². The lowest BCUT2D eigenvalue weighted by molar-refractivity contribution is 0.763. The Bertz CT molecular complexity index is 563. The Morgan fingerprint density at radius 1 is 1.00 bits per heavy atom. The molecular weight excluding hydrogens is 230 g/mol. The molecule has 1 unspecified atom stereocenters. The van der Waals surface area contributed by atoms with Gasteiger partial charge in [-0.25, -0.2) is 0 Å². The van der Waals surface area contributed by atoms with E-state index in [4.69, 9.17) is 0 Å². The van der Waals surface area contributed by atoms with E-state index in [1.165, 1.54) is 34.2 Å². The molecule has 0 amide bonds. The van der Waals surface area contributed by atoms with Crippen molar-refractivity contribution >= 4 is 0 Å². The number of hydrogen-bond donors (Lipinski definition) is 1. The topological polar surface area (TPSA) is 12.0 Å². The summed E-state index contributed by atoms with van der Waals surface area (Å²) < 4.78 is 0. The molecule has 98 valence electrons. The van der Waals surface area contributed by atoms with Crippen LogP contribution in [0, 0.1) is 13.8 Å². The minimum absolute atomic E-state index is 0.702. The molecule has 1 heteroatoms. The van der Waals surface area contributed by atoms with Crippen molar-refractivity contribution in [1.82, 2.24) is 5.32 Å². The van der Waals surface area contributed by atoms with E-state index in [1.54, 1.807) is 0 Å². The van der Waals surface area contributed by atoms with Gasteiger partial charge < -0.3 is 5.32 Å². The maximum atomic E-state index is 3.43. The Balaban J connectivity index is 1.91. The molecular formula is C18H21N. The van der Waals surface area contributed by atoms with Crippen LogP contribution in [-0.4, -0.2) is 13.1 Å². The van der Waals surface area contributed by atoms with Crippen molar-refractivity contribution in [3.05, 3.63) is 59.2 Å². The van der Waals surface area contributed by atoms with E-state index >= 15 is 0 Å². The summed E-state index contributed by atoms with van der Waals surface area (Å²) in [4.78, 5) is 0. The van der Waals surface area contributed by atoms with Gasteiger partial charge in [0.15, 0.2) is 0 Å². The highest BCUT2D eigenvalue weighted by Crippen LogP contribution is 2.28. The molecule has 1 aliphatic rings. The zero-order valence-electron chi connectivity index (χ0n) is 11.7. The summed E-state index contributed by atoms with van der Waals surface area (Å²) >= 11 is 0. The number of nitrogens with one attached hydrogen (secondary N) is 1. The van der Waals surface area contributed by atoms with E-state index in [2.05, 4.69) is 61.6 Å². The van der Waals surface area contributed by atoms with Crippen molar-refractivity contribution in [2.75, 3.05) is 13.1 Å². The fourth-order valence-electron chi connectivity index (χ4n) is 2.94. The summed E-state index contributed by atoms with van der Waals surface area (Å²) in [7, 11) is 0. The molecule has 2 aromatic carbocycles. The average Bonchev–Trinajstić information content (AvgIpc) is 2.96. The molecule has 2 aromatic rings. The Morgan fingerprint density at radius 2 is 1.79 bits per heavy atom. The van der Waals surface area contributed by atoms with Crippen molar-refractivity contribution < 1.29 is 0 Å². The van der Waals surface area contributed by atoms with Gasteiger partial charge in [-0.2, -0.15) is 0 Å². The van der Waals surface area contributed by atoms with Gasteiger partial charge in [0.1, 0.15) is 0 Å². The van der Waals surface area contributed by atoms with E-state index in [-0.39, 0.29) is 0 Å². The fourth-order valence-corrected chi connectivity index (χ4v) is 2.94. The molecule has 0 aromatic heterocycles. The van der Waals surface area contributed by atoms with Crippen molar-refractivity contribution in [3.8, 4) is 11.1 Å². The standard InChI is InChI=1S/C18H21N/c1-13-4-3-5-18(14(13)2)16-8-6-15(7-9-16)17-10-11-19-12-17/h3-9,17,19H,10-12H2,1-2H3. The largest absolute Gasteiger partial charge is 0.316 e. The van der Waals surface area contributed by atoms with Gasteiger partial charge in [-0.15, -0.1) is 0 Å². The van der Waals surface area contributed by atoms with E-state index < -0.39 is 0 Å². The highest BCUT2D eigenvalue weighted by atomic mass is 14.9. The minimum atomic E-state index is 0.702. The molecule has 1 atom stereocenters. The lowest BCUT2D eigenvalue weighted by atomic mass is 9.93. The van der Waals surface area contributed by atoms with Crippen LogP contribution in [0.25, 0.3) is 11.1 Å². The second-order valence-electron chi connectivity index (χ2n) is 5.56. The van der Waals surface area contributed by atoms with Gasteiger partial charge in [0.05, 0.1) is 0 Å². The first-order valence-corrected chi connectivity index (χ1v) is 7.13. The van der Waals surface area contributed by atoms with Gasteiger partial charge in [0, 0.05) is 6.54 Å². The van der Waals surface area contributed by atoms with Crippen LogP contribution in [0.3, 0.4) is 0 Å². The zero-order valence-corrected chi connectivity index (χ0v) is 11.7. The van der Waals surface area contributed by atoms with E-state index in [9.17, 15) is 0 Å². The van der Waals surface area contributed by atoms with Crippen LogP contribution in [0.1, 0.15) is 29.0 Å². The fraction of sp³-hybridized carbons (Fsp3) is 0.333. The number of aryl methyl sites for hydroxylation is 1. The summed E-state index contributed by atoms with van der Waals surface area (Å²) in [6.45, 7) is 6.67. The minimum Gasteiger partial charge on any atom is -0.316 e. The van der Waals surface area contributed by atoms with E-state index in [0.717, 1.165) is 13.1 Å². The third-order valence-corrected chi connectivity index (χ3v) is 4.36. The predicted molar refractivity (Wildman–Crippen MR) is 81.6 cm³/mol. The number of rotatable bonds is 2. The maximum Gasteiger partial charge on any atom is 0.00206 e. The molecule has 19 heavy (non-hydrogen) atoms.